The minimum absolute atomic E-state index is 0.533. The molecule has 1 aliphatic rings. The number of benzene rings is 1. The fourth-order valence-corrected chi connectivity index (χ4v) is 3.03. The van der Waals surface area contributed by atoms with Crippen LogP contribution in [0.15, 0.2) is 30.5 Å². The highest BCUT2D eigenvalue weighted by molar-refractivity contribution is 7.99. The SMILES string of the molecule is c1ccc2nc(NC3CCSC3)ncc2c1. The van der Waals surface area contributed by atoms with Crippen molar-refractivity contribution >= 4 is 28.6 Å². The maximum atomic E-state index is 4.51. The van der Waals surface area contributed by atoms with Gasteiger partial charge in [0.1, 0.15) is 0 Å². The zero-order chi connectivity index (χ0) is 10.8. The molecule has 1 aromatic heterocycles. The molecule has 0 saturated carbocycles. The summed E-state index contributed by atoms with van der Waals surface area (Å²) in [5, 5.41) is 4.48. The van der Waals surface area contributed by atoms with Crippen LogP contribution in [0.3, 0.4) is 0 Å². The Labute approximate surface area is 98.7 Å². The van der Waals surface area contributed by atoms with Gasteiger partial charge in [-0.05, 0) is 18.2 Å². The van der Waals surface area contributed by atoms with Crippen LogP contribution in [-0.4, -0.2) is 27.5 Å². The molecule has 4 heteroatoms. The van der Waals surface area contributed by atoms with Crippen molar-refractivity contribution in [1.29, 1.82) is 0 Å². The van der Waals surface area contributed by atoms with E-state index in [1.807, 2.05) is 42.2 Å². The van der Waals surface area contributed by atoms with Crippen molar-refractivity contribution in [3.63, 3.8) is 0 Å². The number of aromatic nitrogens is 2. The Hall–Kier alpha value is -1.29. The van der Waals surface area contributed by atoms with E-state index in [-0.39, 0.29) is 0 Å². The number of nitrogens with zero attached hydrogens (tertiary/aromatic N) is 2. The Kier molecular flexibility index (Phi) is 2.66. The summed E-state index contributed by atoms with van der Waals surface area (Å²) in [5.41, 5.74) is 1.01. The van der Waals surface area contributed by atoms with Gasteiger partial charge in [0.2, 0.25) is 5.95 Å². The third kappa shape index (κ3) is 1.97. The molecule has 16 heavy (non-hydrogen) atoms. The minimum Gasteiger partial charge on any atom is -0.351 e. The fourth-order valence-electron chi connectivity index (χ4n) is 1.87. The predicted octanol–water partition coefficient (Wildman–Crippen LogP) is 2.55. The molecule has 0 spiro atoms. The van der Waals surface area contributed by atoms with E-state index >= 15 is 0 Å². The average Bonchev–Trinajstić information content (AvgIpc) is 2.82. The predicted molar refractivity (Wildman–Crippen MR) is 68.9 cm³/mol. The van der Waals surface area contributed by atoms with Crippen molar-refractivity contribution in [3.8, 4) is 0 Å². The molecule has 0 radical (unpaired) electrons. The van der Waals surface area contributed by atoms with Gasteiger partial charge in [0.25, 0.3) is 0 Å². The van der Waals surface area contributed by atoms with E-state index in [9.17, 15) is 0 Å². The number of para-hydroxylation sites is 1. The van der Waals surface area contributed by atoms with Crippen LogP contribution in [0.4, 0.5) is 5.95 Å². The van der Waals surface area contributed by atoms with Gasteiger partial charge in [-0.1, -0.05) is 18.2 Å². The zero-order valence-electron chi connectivity index (χ0n) is 8.89. The third-order valence-electron chi connectivity index (χ3n) is 2.75. The standard InChI is InChI=1S/C12H13N3S/c1-2-4-11-9(3-1)7-13-12(15-11)14-10-5-6-16-8-10/h1-4,7,10H,5-6,8H2,(H,13,14,15). The molecule has 2 heterocycles. The summed E-state index contributed by atoms with van der Waals surface area (Å²) in [4.78, 5) is 8.85. The molecule has 3 nitrogen and oxygen atoms in total. The van der Waals surface area contributed by atoms with Crippen molar-refractivity contribution in [1.82, 2.24) is 9.97 Å². The molecular weight excluding hydrogens is 218 g/mol. The first kappa shape index (κ1) is 9.90. The van der Waals surface area contributed by atoms with E-state index in [0.29, 0.717) is 6.04 Å². The first-order valence-electron chi connectivity index (χ1n) is 5.48. The van der Waals surface area contributed by atoms with E-state index in [2.05, 4.69) is 15.3 Å². The Morgan fingerprint density at radius 1 is 1.31 bits per heavy atom. The van der Waals surface area contributed by atoms with Crippen LogP contribution < -0.4 is 5.32 Å². The number of thioether (sulfide) groups is 1. The van der Waals surface area contributed by atoms with Crippen LogP contribution in [0.1, 0.15) is 6.42 Å². The van der Waals surface area contributed by atoms with Gasteiger partial charge in [-0.15, -0.1) is 0 Å². The second kappa shape index (κ2) is 4.29. The van der Waals surface area contributed by atoms with Gasteiger partial charge in [-0.25, -0.2) is 9.97 Å². The summed E-state index contributed by atoms with van der Waals surface area (Å²) in [6.07, 6.45) is 3.09. The normalized spacial score (nSPS) is 20.1. The average molecular weight is 231 g/mol. The second-order valence-electron chi connectivity index (χ2n) is 3.96. The summed E-state index contributed by atoms with van der Waals surface area (Å²) in [5.74, 6) is 3.16. The highest BCUT2D eigenvalue weighted by Gasteiger charge is 2.15. The summed E-state index contributed by atoms with van der Waals surface area (Å²) in [6.45, 7) is 0. The van der Waals surface area contributed by atoms with Crippen LogP contribution in [0.2, 0.25) is 0 Å². The van der Waals surface area contributed by atoms with Crippen molar-refractivity contribution in [3.05, 3.63) is 30.5 Å². The Balaban J connectivity index is 1.86. The Morgan fingerprint density at radius 2 is 2.25 bits per heavy atom. The van der Waals surface area contributed by atoms with Crippen molar-refractivity contribution in [2.75, 3.05) is 16.8 Å². The van der Waals surface area contributed by atoms with Gasteiger partial charge in [0.05, 0.1) is 5.52 Å². The Bertz CT molecular complexity index is 494. The van der Waals surface area contributed by atoms with Gasteiger partial charge in [0.15, 0.2) is 0 Å². The molecule has 1 unspecified atom stereocenters. The van der Waals surface area contributed by atoms with Gasteiger partial charge in [-0.3, -0.25) is 0 Å². The van der Waals surface area contributed by atoms with Crippen LogP contribution >= 0.6 is 11.8 Å². The molecule has 0 bridgehead atoms. The highest BCUT2D eigenvalue weighted by Crippen LogP contribution is 2.20. The van der Waals surface area contributed by atoms with Gasteiger partial charge < -0.3 is 5.32 Å². The van der Waals surface area contributed by atoms with E-state index in [0.717, 1.165) is 22.6 Å². The van der Waals surface area contributed by atoms with Crippen LogP contribution in [0, 0.1) is 0 Å². The number of hydrogen-bond donors (Lipinski definition) is 1. The molecule has 3 rings (SSSR count). The molecule has 1 fully saturated rings. The lowest BCUT2D eigenvalue weighted by molar-refractivity contribution is 0.800. The van der Waals surface area contributed by atoms with E-state index in [1.54, 1.807) is 0 Å². The second-order valence-corrected chi connectivity index (χ2v) is 5.11. The fraction of sp³-hybridized carbons (Fsp3) is 0.333. The molecule has 0 amide bonds. The molecule has 1 saturated heterocycles. The maximum Gasteiger partial charge on any atom is 0.223 e. The molecule has 1 aromatic carbocycles. The molecule has 82 valence electrons. The summed E-state index contributed by atoms with van der Waals surface area (Å²) in [7, 11) is 0. The summed E-state index contributed by atoms with van der Waals surface area (Å²) >= 11 is 1.99. The van der Waals surface area contributed by atoms with Crippen molar-refractivity contribution in [2.24, 2.45) is 0 Å². The lowest BCUT2D eigenvalue weighted by Crippen LogP contribution is -2.19. The van der Waals surface area contributed by atoms with Gasteiger partial charge in [0, 0.05) is 23.4 Å². The molecule has 2 aromatic rings. The van der Waals surface area contributed by atoms with Gasteiger partial charge in [-0.2, -0.15) is 11.8 Å². The largest absolute Gasteiger partial charge is 0.351 e. The van der Waals surface area contributed by atoms with Crippen LogP contribution in [-0.2, 0) is 0 Å². The van der Waals surface area contributed by atoms with Crippen LogP contribution in [0.5, 0.6) is 0 Å². The van der Waals surface area contributed by atoms with E-state index in [4.69, 9.17) is 0 Å². The molecule has 1 aliphatic heterocycles. The topological polar surface area (TPSA) is 37.8 Å². The number of rotatable bonds is 2. The smallest absolute Gasteiger partial charge is 0.223 e. The van der Waals surface area contributed by atoms with Crippen molar-refractivity contribution in [2.45, 2.75) is 12.5 Å². The minimum atomic E-state index is 0.533. The quantitative estimate of drug-likeness (QED) is 0.862. The molecule has 1 N–H and O–H groups in total. The van der Waals surface area contributed by atoms with Gasteiger partial charge >= 0.3 is 0 Å². The molecule has 0 aliphatic carbocycles. The molecular formula is C12H13N3S. The third-order valence-corrected chi connectivity index (χ3v) is 3.91. The number of nitrogens with one attached hydrogen (secondary N) is 1. The number of anilines is 1. The van der Waals surface area contributed by atoms with Crippen LogP contribution in [0.25, 0.3) is 10.9 Å². The zero-order valence-corrected chi connectivity index (χ0v) is 9.70. The molecule has 1 atom stereocenters. The lowest BCUT2D eigenvalue weighted by Gasteiger charge is -2.10. The van der Waals surface area contributed by atoms with E-state index < -0.39 is 0 Å². The maximum absolute atomic E-state index is 4.51. The summed E-state index contributed by atoms with van der Waals surface area (Å²) in [6, 6.07) is 8.60. The monoisotopic (exact) mass is 231 g/mol. The first-order chi connectivity index (χ1) is 7.92. The highest BCUT2D eigenvalue weighted by atomic mass is 32.2. The first-order valence-corrected chi connectivity index (χ1v) is 6.63. The number of hydrogen-bond acceptors (Lipinski definition) is 4. The van der Waals surface area contributed by atoms with E-state index in [1.165, 1.54) is 12.2 Å². The number of fused-ring (bicyclic) bond motifs is 1. The van der Waals surface area contributed by atoms with Crippen molar-refractivity contribution < 1.29 is 0 Å². The lowest BCUT2D eigenvalue weighted by atomic mass is 10.2. The summed E-state index contributed by atoms with van der Waals surface area (Å²) < 4.78 is 0. The Morgan fingerprint density at radius 3 is 3.12 bits per heavy atom.